The maximum atomic E-state index is 11.8. The molecule has 20 heavy (non-hydrogen) atoms. The van der Waals surface area contributed by atoms with Crippen LogP contribution in [0.25, 0.3) is 0 Å². The molecule has 1 aromatic rings. The number of hydrogen-bond donors (Lipinski definition) is 1. The van der Waals surface area contributed by atoms with Gasteiger partial charge in [0.1, 0.15) is 6.61 Å². The summed E-state index contributed by atoms with van der Waals surface area (Å²) >= 11 is 0. The molecule has 1 aromatic carbocycles. The molecule has 0 spiro atoms. The molecule has 0 heterocycles. The first-order valence-electron chi connectivity index (χ1n) is 6.23. The topological polar surface area (TPSA) is 67.9 Å². The second kappa shape index (κ2) is 8.29. The number of nitrogens with one attached hydrogen (secondary N) is 1. The van der Waals surface area contributed by atoms with Crippen LogP contribution in [0.3, 0.4) is 0 Å². The number of carbonyl (C=O) groups excluding carboxylic acids is 2. The monoisotopic (exact) mass is 280 g/mol. The fourth-order valence-electron chi connectivity index (χ4n) is 1.49. The van der Waals surface area contributed by atoms with Gasteiger partial charge in [0, 0.05) is 32.5 Å². The molecule has 0 aliphatic carbocycles. The molecule has 0 aromatic heterocycles. The highest BCUT2D eigenvalue weighted by Crippen LogP contribution is 2.11. The number of amides is 2. The van der Waals surface area contributed by atoms with Gasteiger partial charge in [-0.1, -0.05) is 6.07 Å². The van der Waals surface area contributed by atoms with Crippen LogP contribution in [0.1, 0.15) is 10.4 Å². The van der Waals surface area contributed by atoms with Crippen molar-refractivity contribution in [3.05, 3.63) is 29.8 Å². The minimum atomic E-state index is -0.268. The van der Waals surface area contributed by atoms with E-state index in [1.165, 1.54) is 4.90 Å². The maximum Gasteiger partial charge on any atom is 0.253 e. The summed E-state index contributed by atoms with van der Waals surface area (Å²) in [5.74, 6) is -0.381. The van der Waals surface area contributed by atoms with Gasteiger partial charge < -0.3 is 19.7 Å². The average Bonchev–Trinajstić information content (AvgIpc) is 2.43. The van der Waals surface area contributed by atoms with E-state index in [9.17, 15) is 9.59 Å². The molecule has 6 heteroatoms. The fourth-order valence-corrected chi connectivity index (χ4v) is 1.49. The van der Waals surface area contributed by atoms with Crippen LogP contribution in [-0.2, 0) is 14.3 Å². The number of nitrogens with zero attached hydrogens (tertiary/aromatic N) is 1. The van der Waals surface area contributed by atoms with Gasteiger partial charge in [0.25, 0.3) is 5.91 Å². The van der Waals surface area contributed by atoms with E-state index in [1.54, 1.807) is 45.5 Å². The molecule has 0 fully saturated rings. The summed E-state index contributed by atoms with van der Waals surface area (Å²) in [5, 5.41) is 2.68. The summed E-state index contributed by atoms with van der Waals surface area (Å²) < 4.78 is 9.92. The summed E-state index contributed by atoms with van der Waals surface area (Å²) in [4.78, 5) is 24.9. The highest BCUT2D eigenvalue weighted by Gasteiger charge is 2.09. The minimum Gasteiger partial charge on any atom is -0.382 e. The van der Waals surface area contributed by atoms with Crippen LogP contribution in [0, 0.1) is 0 Å². The largest absolute Gasteiger partial charge is 0.382 e. The van der Waals surface area contributed by atoms with Crippen molar-refractivity contribution in [3.63, 3.8) is 0 Å². The molecule has 0 radical (unpaired) electrons. The normalized spacial score (nSPS) is 10.2. The average molecular weight is 280 g/mol. The highest BCUT2D eigenvalue weighted by atomic mass is 16.5. The Labute approximate surface area is 118 Å². The summed E-state index contributed by atoms with van der Waals surface area (Å²) in [5.41, 5.74) is 1.09. The lowest BCUT2D eigenvalue weighted by atomic mass is 10.2. The summed E-state index contributed by atoms with van der Waals surface area (Å²) in [6.45, 7) is 0.762. The molecular formula is C14H20N2O4. The Kier molecular flexibility index (Phi) is 6.69. The molecule has 0 saturated carbocycles. The molecule has 2 amide bonds. The van der Waals surface area contributed by atoms with Crippen LogP contribution in [0.5, 0.6) is 0 Å². The van der Waals surface area contributed by atoms with E-state index in [1.807, 2.05) is 0 Å². The number of hydrogen-bond acceptors (Lipinski definition) is 4. The first-order valence-corrected chi connectivity index (χ1v) is 6.23. The van der Waals surface area contributed by atoms with Crippen molar-refractivity contribution in [3.8, 4) is 0 Å². The lowest BCUT2D eigenvalue weighted by Gasteiger charge is -2.11. The highest BCUT2D eigenvalue weighted by molar-refractivity contribution is 5.97. The van der Waals surface area contributed by atoms with E-state index in [0.717, 1.165) is 0 Å². The third kappa shape index (κ3) is 5.38. The number of anilines is 1. The van der Waals surface area contributed by atoms with Gasteiger partial charge >= 0.3 is 0 Å². The Hall–Kier alpha value is -1.92. The van der Waals surface area contributed by atoms with Crippen molar-refractivity contribution < 1.29 is 19.1 Å². The van der Waals surface area contributed by atoms with Gasteiger partial charge in [0.05, 0.1) is 13.2 Å². The lowest BCUT2D eigenvalue weighted by Crippen LogP contribution is -2.22. The number of ether oxygens (including phenoxy) is 2. The third-order valence-corrected chi connectivity index (χ3v) is 2.46. The van der Waals surface area contributed by atoms with Crippen LogP contribution in [0.15, 0.2) is 24.3 Å². The molecule has 1 rings (SSSR count). The smallest absolute Gasteiger partial charge is 0.253 e. The molecule has 110 valence electrons. The van der Waals surface area contributed by atoms with Gasteiger partial charge in [0.2, 0.25) is 5.91 Å². The summed E-state index contributed by atoms with van der Waals surface area (Å²) in [6.07, 6.45) is 0. The Balaban J connectivity index is 2.53. The minimum absolute atomic E-state index is 0.0464. The van der Waals surface area contributed by atoms with Crippen molar-refractivity contribution in [2.45, 2.75) is 0 Å². The second-order valence-electron chi connectivity index (χ2n) is 4.37. The fraction of sp³-hybridized carbons (Fsp3) is 0.429. The molecule has 6 nitrogen and oxygen atoms in total. The first-order chi connectivity index (χ1) is 9.54. The van der Waals surface area contributed by atoms with Crippen molar-refractivity contribution in [1.82, 2.24) is 4.90 Å². The Morgan fingerprint density at radius 3 is 2.65 bits per heavy atom. The van der Waals surface area contributed by atoms with Crippen molar-refractivity contribution in [2.24, 2.45) is 0 Å². The molecule has 0 unspecified atom stereocenters. The molecule has 1 N–H and O–H groups in total. The van der Waals surface area contributed by atoms with Crippen molar-refractivity contribution >= 4 is 17.5 Å². The Bertz CT molecular complexity index is 460. The van der Waals surface area contributed by atoms with E-state index in [2.05, 4.69) is 5.32 Å². The lowest BCUT2D eigenvalue weighted by molar-refractivity contribution is -0.121. The van der Waals surface area contributed by atoms with E-state index in [0.29, 0.717) is 24.5 Å². The molecule has 0 saturated heterocycles. The number of rotatable bonds is 7. The Morgan fingerprint density at radius 2 is 2.00 bits per heavy atom. The van der Waals surface area contributed by atoms with Crippen LogP contribution in [-0.4, -0.2) is 57.7 Å². The zero-order valence-corrected chi connectivity index (χ0v) is 12.0. The first kappa shape index (κ1) is 16.1. The van der Waals surface area contributed by atoms with Gasteiger partial charge in [-0.05, 0) is 18.2 Å². The van der Waals surface area contributed by atoms with Crippen molar-refractivity contribution in [1.29, 1.82) is 0 Å². The van der Waals surface area contributed by atoms with Gasteiger partial charge in [-0.15, -0.1) is 0 Å². The zero-order valence-electron chi connectivity index (χ0n) is 12.0. The van der Waals surface area contributed by atoms with Crippen LogP contribution in [0.2, 0.25) is 0 Å². The Morgan fingerprint density at radius 1 is 1.25 bits per heavy atom. The molecule has 0 aliphatic rings. The van der Waals surface area contributed by atoms with Crippen LogP contribution < -0.4 is 5.32 Å². The van der Waals surface area contributed by atoms with E-state index in [4.69, 9.17) is 9.47 Å². The van der Waals surface area contributed by atoms with Crippen LogP contribution in [0.4, 0.5) is 5.69 Å². The maximum absolute atomic E-state index is 11.8. The SMILES string of the molecule is COCCOCC(=O)Nc1cccc(C(=O)N(C)C)c1. The van der Waals surface area contributed by atoms with Gasteiger partial charge in [0.15, 0.2) is 0 Å². The molecule has 0 aliphatic heterocycles. The standard InChI is InChI=1S/C14H20N2O4/c1-16(2)14(18)11-5-4-6-12(9-11)15-13(17)10-20-8-7-19-3/h4-6,9H,7-8,10H2,1-3H3,(H,15,17). The quantitative estimate of drug-likeness (QED) is 0.756. The number of benzene rings is 1. The predicted molar refractivity (Wildman–Crippen MR) is 75.8 cm³/mol. The second-order valence-corrected chi connectivity index (χ2v) is 4.37. The van der Waals surface area contributed by atoms with Crippen molar-refractivity contribution in [2.75, 3.05) is 46.3 Å². The zero-order chi connectivity index (χ0) is 15.0. The van der Waals surface area contributed by atoms with E-state index >= 15 is 0 Å². The number of carbonyl (C=O) groups is 2. The summed E-state index contributed by atoms with van der Waals surface area (Å²) in [7, 11) is 4.92. The summed E-state index contributed by atoms with van der Waals surface area (Å²) in [6, 6.07) is 6.78. The van der Waals surface area contributed by atoms with E-state index in [-0.39, 0.29) is 18.4 Å². The van der Waals surface area contributed by atoms with Crippen LogP contribution >= 0.6 is 0 Å². The van der Waals surface area contributed by atoms with Gasteiger partial charge in [-0.3, -0.25) is 9.59 Å². The number of methoxy groups -OCH3 is 1. The predicted octanol–water partition coefficient (Wildman–Crippen LogP) is 0.990. The molecule has 0 bridgehead atoms. The molecular weight excluding hydrogens is 260 g/mol. The molecule has 0 atom stereocenters. The van der Waals surface area contributed by atoms with Gasteiger partial charge in [-0.2, -0.15) is 0 Å². The third-order valence-electron chi connectivity index (χ3n) is 2.46. The van der Waals surface area contributed by atoms with E-state index < -0.39 is 0 Å². The van der Waals surface area contributed by atoms with Gasteiger partial charge in [-0.25, -0.2) is 0 Å².